The van der Waals surface area contributed by atoms with E-state index in [4.69, 9.17) is 80.5 Å². The standard InChI is InChI=1S/C60H101N3O46/c1-13(72)61-25-32(79)45(105-57-39(86)35(82)28(75)16(4-64)95-57)19(7-67)98-53(25)103-48-22(10-70)101-56(42(89)38(48)85)93-12-24-31(78)50(44(91)52(92)94-24)108-60-51(109-55-27(63-15(3)74)34(81)47(21(9-69)100-55)107-59-41(88)37(84)30(77)18(6-66)97-59)43(90)49(23(11-71)102-60)104-54-26(62-14(2)73)33(80)46(20(8-68)99-54)106-58-40(87)36(83)29(76)17(5-65)96-58/h16-60,64-71,75-92H,4-12H2,1-3H3,(H,61,72)(H,62,73)(H,63,74)/t16-,17-,18-,19-,20-,21-,22-,23-,24-,25-,26-,27-,28+,29+,30+,31-,32-,33-,34-,35+,36+,37+,38-,39-,40-,41-,42+,43+,44+,45-,46-,47-,48-,49-,50+,51+,52?,53+,54+,55+,56+,57+,58+,59+,60-/m1/s1. The van der Waals surface area contributed by atoms with E-state index in [1.807, 2.05) is 0 Å². The molecule has 9 heterocycles. The van der Waals surface area contributed by atoms with Crippen molar-refractivity contribution in [3.8, 4) is 0 Å². The summed E-state index contributed by atoms with van der Waals surface area (Å²) in [5.41, 5.74) is 0. The number of rotatable bonds is 28. The monoisotopic (exact) mass is 1600 g/mol. The van der Waals surface area contributed by atoms with Gasteiger partial charge in [0.25, 0.3) is 0 Å². The fraction of sp³-hybridized carbons (Fsp3) is 0.950. The molecule has 9 fully saturated rings. The molecule has 9 aliphatic heterocycles. The van der Waals surface area contributed by atoms with Crippen molar-refractivity contribution in [3.05, 3.63) is 0 Å². The molecule has 29 N–H and O–H groups in total. The largest absolute Gasteiger partial charge is 0.394 e. The minimum atomic E-state index is -2.49. The fourth-order valence-corrected chi connectivity index (χ4v) is 14.1. The van der Waals surface area contributed by atoms with E-state index >= 15 is 0 Å². The van der Waals surface area contributed by atoms with Gasteiger partial charge in [-0.2, -0.15) is 0 Å². The van der Waals surface area contributed by atoms with Crippen LogP contribution in [0.4, 0.5) is 0 Å². The quantitative estimate of drug-likeness (QED) is 0.0346. The summed E-state index contributed by atoms with van der Waals surface area (Å²) in [6.07, 6.45) is -85.5. The van der Waals surface area contributed by atoms with Crippen LogP contribution in [0.3, 0.4) is 0 Å². The van der Waals surface area contributed by atoms with Crippen LogP contribution in [0.25, 0.3) is 0 Å². The maximum Gasteiger partial charge on any atom is 0.217 e. The summed E-state index contributed by atoms with van der Waals surface area (Å²) in [6, 6.07) is -5.66. The topological polar surface area (TPSA) is 770 Å². The smallest absolute Gasteiger partial charge is 0.217 e. The number of hydrogen-bond donors (Lipinski definition) is 29. The van der Waals surface area contributed by atoms with Gasteiger partial charge in [-0.15, -0.1) is 0 Å². The van der Waals surface area contributed by atoms with Crippen LogP contribution < -0.4 is 16.0 Å². The molecule has 3 amide bonds. The van der Waals surface area contributed by atoms with E-state index in [2.05, 4.69) is 16.0 Å². The summed E-state index contributed by atoms with van der Waals surface area (Å²) < 4.78 is 99.1. The summed E-state index contributed by atoms with van der Waals surface area (Å²) in [7, 11) is 0. The van der Waals surface area contributed by atoms with Crippen molar-refractivity contribution in [2.24, 2.45) is 0 Å². The number of ether oxygens (including phenoxy) is 17. The van der Waals surface area contributed by atoms with Crippen molar-refractivity contribution in [2.75, 3.05) is 59.5 Å². The molecule has 0 bridgehead atoms. The van der Waals surface area contributed by atoms with Crippen molar-refractivity contribution in [3.63, 3.8) is 0 Å². The van der Waals surface area contributed by atoms with Crippen LogP contribution in [0, 0.1) is 0 Å². The lowest BCUT2D eigenvalue weighted by molar-refractivity contribution is -0.401. The summed E-state index contributed by atoms with van der Waals surface area (Å²) in [4.78, 5) is 38.5. The normalized spacial score (nSPS) is 50.0. The van der Waals surface area contributed by atoms with E-state index in [-0.39, 0.29) is 0 Å². The molecule has 632 valence electrons. The van der Waals surface area contributed by atoms with Gasteiger partial charge in [-0.1, -0.05) is 0 Å². The number of amides is 3. The molecule has 0 aromatic heterocycles. The molecule has 49 heteroatoms. The van der Waals surface area contributed by atoms with Crippen molar-refractivity contribution in [1.29, 1.82) is 0 Å². The van der Waals surface area contributed by atoms with Gasteiger partial charge in [0.15, 0.2) is 56.6 Å². The molecule has 45 atom stereocenters. The highest BCUT2D eigenvalue weighted by Crippen LogP contribution is 2.40. The van der Waals surface area contributed by atoms with Gasteiger partial charge in [-0.25, -0.2) is 0 Å². The second-order valence-electron chi connectivity index (χ2n) is 27.4. The lowest BCUT2D eigenvalue weighted by Crippen LogP contribution is -2.71. The molecule has 0 radical (unpaired) electrons. The Morgan fingerprint density at radius 2 is 0.495 bits per heavy atom. The summed E-state index contributed by atoms with van der Waals surface area (Å²) in [5.74, 6) is -2.77. The number of carbonyl (C=O) groups is 3. The molecule has 0 aromatic carbocycles. The Morgan fingerprint density at radius 3 is 0.817 bits per heavy atom. The third-order valence-electron chi connectivity index (χ3n) is 20.0. The molecule has 9 aliphatic rings. The predicted molar refractivity (Wildman–Crippen MR) is 332 cm³/mol. The van der Waals surface area contributed by atoms with E-state index < -0.39 is 353 Å². The molecule has 109 heavy (non-hydrogen) atoms. The van der Waals surface area contributed by atoms with Gasteiger partial charge < -0.3 is 229 Å². The molecule has 9 saturated heterocycles. The SMILES string of the molecule is CC(=O)N[C@H]1[C@H](O[C@@H]2[C@@H](O[C@H]3[C@H](O)[C@@H](CO[C@H]4O[C@H](CO)[C@@H](O[C@@H]5O[C@H](CO)[C@@H](O[C@@H]6O[C@H](CO)[C@H](O)[C@H](O)[C@H]6O)[C@H](O)[C@H]5NC(C)=O)[C@H](O)[C@@H]4O)OC(O)[C@H]3O)O[C@H](CO)[C@@H](O[C@@H]3O[C@H](CO)[C@@H](O[C@@H]4O[C@H](CO)[C@H](O)[C@H](O)[C@H]4O)[C@H](O)[C@H]3NC(C)=O)[C@@H]2O)O[C@H](CO)[C@@H](O[C@@H]2O[C@H](CO)[C@H](O)[C@H](O)[C@H]2O)[C@@H]1O. The zero-order valence-corrected chi connectivity index (χ0v) is 58.1. The van der Waals surface area contributed by atoms with Gasteiger partial charge in [0.2, 0.25) is 17.7 Å². The van der Waals surface area contributed by atoms with Gasteiger partial charge in [-0.3, -0.25) is 14.4 Å². The molecular weight excluding hydrogens is 1500 g/mol. The highest BCUT2D eigenvalue weighted by Gasteiger charge is 2.61. The number of aliphatic hydroxyl groups excluding tert-OH is 26. The summed E-state index contributed by atoms with van der Waals surface area (Å²) >= 11 is 0. The van der Waals surface area contributed by atoms with Crippen LogP contribution in [0.2, 0.25) is 0 Å². The molecule has 1 unspecified atom stereocenters. The summed E-state index contributed by atoms with van der Waals surface area (Å²) in [5, 5.41) is 292. The second kappa shape index (κ2) is 39.1. The molecule has 0 aliphatic carbocycles. The van der Waals surface area contributed by atoms with Crippen LogP contribution in [0.5, 0.6) is 0 Å². The molecule has 0 saturated carbocycles. The first-order chi connectivity index (χ1) is 51.6. The molecule has 0 spiro atoms. The van der Waals surface area contributed by atoms with E-state index in [0.29, 0.717) is 0 Å². The number of nitrogens with one attached hydrogen (secondary N) is 3. The zero-order chi connectivity index (χ0) is 80.2. The lowest BCUT2D eigenvalue weighted by Gasteiger charge is -2.52. The van der Waals surface area contributed by atoms with Crippen molar-refractivity contribution in [2.45, 2.75) is 297 Å². The Balaban J connectivity index is 0.963. The Labute approximate surface area is 616 Å². The summed E-state index contributed by atoms with van der Waals surface area (Å²) in [6.45, 7) is -6.67. The second-order valence-corrected chi connectivity index (χ2v) is 27.4. The maximum atomic E-state index is 13.0. The van der Waals surface area contributed by atoms with Crippen molar-refractivity contribution in [1.82, 2.24) is 16.0 Å². The van der Waals surface area contributed by atoms with E-state index in [9.17, 15) is 147 Å². The first kappa shape index (κ1) is 89.6. The molecular formula is C60H101N3O46. The minimum Gasteiger partial charge on any atom is -0.394 e. The van der Waals surface area contributed by atoms with Crippen LogP contribution >= 0.6 is 0 Å². The predicted octanol–water partition coefficient (Wildman–Crippen LogP) is -20.2. The lowest BCUT2D eigenvalue weighted by atomic mass is 9.93. The van der Waals surface area contributed by atoms with Crippen LogP contribution in [-0.4, -0.2) is 486 Å². The van der Waals surface area contributed by atoms with Gasteiger partial charge in [0.05, 0.1) is 59.5 Å². The molecule has 9 rings (SSSR count). The number of aliphatic hydroxyl groups is 26. The van der Waals surface area contributed by atoms with Crippen LogP contribution in [0.1, 0.15) is 20.8 Å². The fourth-order valence-electron chi connectivity index (χ4n) is 14.1. The first-order valence-corrected chi connectivity index (χ1v) is 34.6. The molecule has 49 nitrogen and oxygen atoms in total. The number of hydrogen-bond acceptors (Lipinski definition) is 46. The van der Waals surface area contributed by atoms with E-state index in [1.54, 1.807) is 0 Å². The van der Waals surface area contributed by atoms with Gasteiger partial charge in [0, 0.05) is 20.8 Å². The zero-order valence-electron chi connectivity index (χ0n) is 58.1. The minimum absolute atomic E-state index is 0.857. The van der Waals surface area contributed by atoms with Gasteiger partial charge in [0.1, 0.15) is 220 Å². The first-order valence-electron chi connectivity index (χ1n) is 34.6. The Kier molecular flexibility index (Phi) is 32.1. The Hall–Kier alpha value is -3.31. The van der Waals surface area contributed by atoms with Crippen LogP contribution in [0.15, 0.2) is 0 Å². The highest BCUT2D eigenvalue weighted by molar-refractivity contribution is 5.74. The van der Waals surface area contributed by atoms with Gasteiger partial charge >= 0.3 is 0 Å². The van der Waals surface area contributed by atoms with Gasteiger partial charge in [-0.05, 0) is 0 Å². The van der Waals surface area contributed by atoms with E-state index in [0.717, 1.165) is 20.8 Å². The molecule has 0 aromatic rings. The van der Waals surface area contributed by atoms with Crippen LogP contribution in [-0.2, 0) is 94.9 Å². The maximum absolute atomic E-state index is 13.0. The Bertz CT molecular complexity index is 2840. The third-order valence-corrected chi connectivity index (χ3v) is 20.0. The van der Waals surface area contributed by atoms with Crippen molar-refractivity contribution >= 4 is 17.7 Å². The third kappa shape index (κ3) is 19.5. The highest BCUT2D eigenvalue weighted by atomic mass is 16.8. The van der Waals surface area contributed by atoms with Crippen molar-refractivity contribution < 1.29 is 228 Å². The number of carbonyl (C=O) groups excluding carboxylic acids is 3. The average molecular weight is 1600 g/mol. The average Bonchev–Trinajstić information content (AvgIpc) is 0.746. The Morgan fingerprint density at radius 1 is 0.239 bits per heavy atom. The van der Waals surface area contributed by atoms with E-state index in [1.165, 1.54) is 0 Å².